The van der Waals surface area contributed by atoms with Gasteiger partial charge in [-0.05, 0) is 34.6 Å². The highest BCUT2D eigenvalue weighted by Crippen LogP contribution is 2.11. The van der Waals surface area contributed by atoms with Crippen molar-refractivity contribution in [1.82, 2.24) is 0 Å². The molecule has 0 aromatic rings. The van der Waals surface area contributed by atoms with Crippen molar-refractivity contribution in [2.45, 2.75) is 34.6 Å². The van der Waals surface area contributed by atoms with Gasteiger partial charge in [0.25, 0.3) is 0 Å². The van der Waals surface area contributed by atoms with E-state index in [1.54, 1.807) is 34.6 Å². The van der Waals surface area contributed by atoms with Crippen molar-refractivity contribution >= 4 is 11.7 Å². The third kappa shape index (κ3) is 11.7. The average Bonchev–Trinajstić information content (AvgIpc) is 1.87. The van der Waals surface area contributed by atoms with Gasteiger partial charge in [0.05, 0.1) is 11.1 Å². The minimum Gasteiger partial charge on any atom is -0.481 e. The van der Waals surface area contributed by atoms with Gasteiger partial charge in [0, 0.05) is 0 Å². The van der Waals surface area contributed by atoms with Crippen molar-refractivity contribution < 1.29 is 15.1 Å². The zero-order valence-electron chi connectivity index (χ0n) is 8.25. The largest absolute Gasteiger partial charge is 0.481 e. The normalized spacial score (nSPS) is 9.42. The van der Waals surface area contributed by atoms with E-state index < -0.39 is 11.4 Å². The molecule has 0 bridgehead atoms. The van der Waals surface area contributed by atoms with Gasteiger partial charge in [0.2, 0.25) is 0 Å². The first-order valence-corrected chi connectivity index (χ1v) is 3.60. The number of aliphatic carboxylic acids is 1. The Bertz CT molecular complexity index is 164. The molecule has 4 heteroatoms. The van der Waals surface area contributed by atoms with Crippen LogP contribution in [0.1, 0.15) is 34.6 Å². The van der Waals surface area contributed by atoms with Crippen LogP contribution in [0.3, 0.4) is 0 Å². The molecule has 72 valence electrons. The maximum atomic E-state index is 10.0. The molecule has 0 aromatic heterocycles. The summed E-state index contributed by atoms with van der Waals surface area (Å²) >= 11 is 0. The fraction of sp³-hybridized carbons (Fsp3) is 0.750. The van der Waals surface area contributed by atoms with Gasteiger partial charge in [-0.2, -0.15) is 0 Å². The second kappa shape index (κ2) is 5.57. The van der Waals surface area contributed by atoms with Gasteiger partial charge in [-0.1, -0.05) is 5.16 Å². The van der Waals surface area contributed by atoms with Crippen molar-refractivity contribution in [3.8, 4) is 0 Å². The molecule has 0 heterocycles. The highest BCUT2D eigenvalue weighted by Gasteiger charge is 2.18. The van der Waals surface area contributed by atoms with Crippen LogP contribution in [0.5, 0.6) is 0 Å². The number of oxime groups is 1. The van der Waals surface area contributed by atoms with E-state index in [9.17, 15) is 4.79 Å². The topological polar surface area (TPSA) is 69.9 Å². The number of carboxylic acids is 1. The Kier molecular flexibility index (Phi) is 6.28. The van der Waals surface area contributed by atoms with Crippen LogP contribution in [0.2, 0.25) is 0 Å². The maximum Gasteiger partial charge on any atom is 0.308 e. The molecule has 12 heavy (non-hydrogen) atoms. The van der Waals surface area contributed by atoms with E-state index in [-0.39, 0.29) is 0 Å². The number of carboxylic acid groups (broad SMARTS) is 1. The second-order valence-corrected chi connectivity index (χ2v) is 3.60. The number of rotatable bonds is 0. The first-order valence-electron chi connectivity index (χ1n) is 3.60. The zero-order valence-corrected chi connectivity index (χ0v) is 8.25. The molecule has 0 unspecified atom stereocenters. The van der Waals surface area contributed by atoms with E-state index in [4.69, 9.17) is 10.3 Å². The van der Waals surface area contributed by atoms with E-state index in [1.165, 1.54) is 0 Å². The van der Waals surface area contributed by atoms with Crippen molar-refractivity contribution in [3.63, 3.8) is 0 Å². The van der Waals surface area contributed by atoms with Gasteiger partial charge < -0.3 is 10.3 Å². The first-order chi connectivity index (χ1) is 5.21. The molecular formula is C8H17NO3. The minimum atomic E-state index is -0.757. The lowest BCUT2D eigenvalue weighted by atomic mass is 9.98. The second-order valence-electron chi connectivity index (χ2n) is 3.60. The van der Waals surface area contributed by atoms with E-state index >= 15 is 0 Å². The fourth-order valence-corrected chi connectivity index (χ4v) is 0. The van der Waals surface area contributed by atoms with Gasteiger partial charge in [0.15, 0.2) is 0 Å². The summed E-state index contributed by atoms with van der Waals surface area (Å²) in [5.74, 6) is -0.757. The molecule has 0 aliphatic heterocycles. The fourth-order valence-electron chi connectivity index (χ4n) is 0. The van der Waals surface area contributed by atoms with Crippen LogP contribution in [-0.2, 0) is 4.79 Å². The van der Waals surface area contributed by atoms with Crippen molar-refractivity contribution in [2.75, 3.05) is 0 Å². The molecule has 4 nitrogen and oxygen atoms in total. The average molecular weight is 175 g/mol. The molecule has 0 saturated heterocycles. The minimum absolute atomic E-state index is 0.583. The van der Waals surface area contributed by atoms with Gasteiger partial charge in [-0.3, -0.25) is 4.79 Å². The molecule has 0 fully saturated rings. The molecule has 0 amide bonds. The van der Waals surface area contributed by atoms with Crippen LogP contribution in [0, 0.1) is 5.41 Å². The quantitative estimate of drug-likeness (QED) is 0.336. The Balaban J connectivity index is 0. The van der Waals surface area contributed by atoms with E-state index in [2.05, 4.69) is 5.16 Å². The van der Waals surface area contributed by atoms with E-state index in [0.717, 1.165) is 0 Å². The molecule has 0 saturated carbocycles. The summed E-state index contributed by atoms with van der Waals surface area (Å²) in [4.78, 5) is 10.0. The van der Waals surface area contributed by atoms with Gasteiger partial charge in [0.1, 0.15) is 0 Å². The zero-order chi connectivity index (χ0) is 10.4. The lowest BCUT2D eigenvalue weighted by Gasteiger charge is -2.08. The highest BCUT2D eigenvalue weighted by atomic mass is 16.4. The Labute approximate surface area is 72.9 Å². The molecule has 0 aliphatic rings. The highest BCUT2D eigenvalue weighted by molar-refractivity contribution is 5.78. The molecule has 0 aliphatic carbocycles. The molecular weight excluding hydrogens is 158 g/mol. The standard InChI is InChI=1S/C5H10O2.C3H7NO/c1-5(2,3)4(6)7;1-3(2)4-5/h1-3H3,(H,6,7);5H,1-2H3. The SMILES string of the molecule is CC(C)(C)C(=O)O.CC(C)=NO. The Morgan fingerprint density at radius 3 is 1.42 bits per heavy atom. The van der Waals surface area contributed by atoms with Crippen LogP contribution in [0.15, 0.2) is 5.16 Å². The van der Waals surface area contributed by atoms with Gasteiger partial charge >= 0.3 is 5.97 Å². The monoisotopic (exact) mass is 175 g/mol. The summed E-state index contributed by atoms with van der Waals surface area (Å²) in [6.07, 6.45) is 0. The van der Waals surface area contributed by atoms with Crippen molar-refractivity contribution in [1.29, 1.82) is 0 Å². The summed E-state index contributed by atoms with van der Waals surface area (Å²) in [5, 5.41) is 18.8. The van der Waals surface area contributed by atoms with E-state index in [1.807, 2.05) is 0 Å². The smallest absolute Gasteiger partial charge is 0.308 e. The molecule has 2 N–H and O–H groups in total. The molecule has 0 spiro atoms. The molecule has 0 aromatic carbocycles. The van der Waals surface area contributed by atoms with Crippen LogP contribution in [0.25, 0.3) is 0 Å². The Morgan fingerprint density at radius 2 is 1.42 bits per heavy atom. The third-order valence-corrected chi connectivity index (χ3v) is 0.842. The summed E-state index contributed by atoms with van der Waals surface area (Å²) < 4.78 is 0. The Hall–Kier alpha value is -1.06. The predicted molar refractivity (Wildman–Crippen MR) is 47.7 cm³/mol. The molecule has 0 radical (unpaired) electrons. The third-order valence-electron chi connectivity index (χ3n) is 0.842. The summed E-state index contributed by atoms with van der Waals surface area (Å²) in [5.41, 5.74) is 0.102. The van der Waals surface area contributed by atoms with Crippen molar-refractivity contribution in [3.05, 3.63) is 0 Å². The summed E-state index contributed by atoms with van der Waals surface area (Å²) in [6, 6.07) is 0. The Morgan fingerprint density at radius 1 is 1.25 bits per heavy atom. The van der Waals surface area contributed by atoms with Crippen molar-refractivity contribution in [2.24, 2.45) is 10.6 Å². The molecule has 0 atom stereocenters. The van der Waals surface area contributed by atoms with Crippen LogP contribution >= 0.6 is 0 Å². The summed E-state index contributed by atoms with van der Waals surface area (Å²) in [6.45, 7) is 8.43. The number of hydrogen-bond acceptors (Lipinski definition) is 3. The summed E-state index contributed by atoms with van der Waals surface area (Å²) in [7, 11) is 0. The van der Waals surface area contributed by atoms with E-state index in [0.29, 0.717) is 5.71 Å². The van der Waals surface area contributed by atoms with Crippen LogP contribution < -0.4 is 0 Å². The number of hydrogen-bond donors (Lipinski definition) is 2. The van der Waals surface area contributed by atoms with Gasteiger partial charge in [-0.25, -0.2) is 0 Å². The lowest BCUT2D eigenvalue weighted by Crippen LogP contribution is -2.18. The first kappa shape index (κ1) is 13.5. The van der Waals surface area contributed by atoms with Crippen LogP contribution in [0.4, 0.5) is 0 Å². The number of nitrogens with zero attached hydrogens (tertiary/aromatic N) is 1. The van der Waals surface area contributed by atoms with Gasteiger partial charge in [-0.15, -0.1) is 0 Å². The molecule has 0 rings (SSSR count). The lowest BCUT2D eigenvalue weighted by molar-refractivity contribution is -0.145. The maximum absolute atomic E-state index is 10.0. The van der Waals surface area contributed by atoms with Crippen LogP contribution in [-0.4, -0.2) is 22.0 Å². The number of carbonyl (C=O) groups is 1. The predicted octanol–water partition coefficient (Wildman–Crippen LogP) is 1.97.